The summed E-state index contributed by atoms with van der Waals surface area (Å²) in [6.07, 6.45) is -6.00. The Balaban J connectivity index is 0.00000361. The first-order valence-electron chi connectivity index (χ1n) is 5.75. The van der Waals surface area contributed by atoms with Gasteiger partial charge in [-0.2, -0.15) is 0 Å². The van der Waals surface area contributed by atoms with Gasteiger partial charge >= 0.3 is 29.6 Å². The molecule has 1 aliphatic rings. The van der Waals surface area contributed by atoms with Gasteiger partial charge in [0.25, 0.3) is 7.82 Å². The van der Waals surface area contributed by atoms with Gasteiger partial charge in [0, 0.05) is 6.61 Å². The number of hydrogen-bond donors (Lipinski definition) is 5. The molecule has 0 aromatic rings. The van der Waals surface area contributed by atoms with Crippen LogP contribution in [0.5, 0.6) is 0 Å². The molecule has 1 aliphatic heterocycles. The Morgan fingerprint density at radius 3 is 2.20 bits per heavy atom. The first kappa shape index (κ1) is 20.9. The summed E-state index contributed by atoms with van der Waals surface area (Å²) in [5, 5.41) is 37.6. The standard InChI is InChI=1S/C9H19O9P.Na/c10-3-1-2-5-7(11)9(13)8(12)6(18-5)4-17-19(14,15)16;/h5-13H,1-4H2,(H2,14,15,16);/q;+1/p-1. The molecule has 0 spiro atoms. The van der Waals surface area contributed by atoms with Crippen LogP contribution in [0.3, 0.4) is 0 Å². The van der Waals surface area contributed by atoms with E-state index in [0.29, 0.717) is 6.42 Å². The van der Waals surface area contributed by atoms with Gasteiger partial charge in [-0.1, -0.05) is 0 Å². The van der Waals surface area contributed by atoms with Gasteiger partial charge < -0.3 is 39.5 Å². The van der Waals surface area contributed by atoms with Gasteiger partial charge in [-0.05, 0) is 12.8 Å². The van der Waals surface area contributed by atoms with Gasteiger partial charge in [-0.25, -0.2) is 0 Å². The molecule has 11 heteroatoms. The molecule has 6 atom stereocenters. The van der Waals surface area contributed by atoms with Gasteiger partial charge in [0.2, 0.25) is 0 Å². The van der Waals surface area contributed by atoms with E-state index in [1.165, 1.54) is 0 Å². The largest absolute Gasteiger partial charge is 1.00 e. The van der Waals surface area contributed by atoms with Crippen LogP contribution in [0.2, 0.25) is 0 Å². The van der Waals surface area contributed by atoms with Crippen LogP contribution in [0.15, 0.2) is 0 Å². The maximum Gasteiger partial charge on any atom is 1.00 e. The number of phosphoric acid groups is 1. The Morgan fingerprint density at radius 2 is 1.70 bits per heavy atom. The minimum absolute atomic E-state index is 0. The van der Waals surface area contributed by atoms with E-state index >= 15 is 0 Å². The van der Waals surface area contributed by atoms with E-state index in [4.69, 9.17) is 14.7 Å². The molecule has 5 N–H and O–H groups in total. The molecule has 1 fully saturated rings. The van der Waals surface area contributed by atoms with Crippen LogP contribution in [0.4, 0.5) is 0 Å². The minimum Gasteiger partial charge on any atom is -0.756 e. The van der Waals surface area contributed by atoms with Crippen LogP contribution in [-0.4, -0.2) is 69.1 Å². The van der Waals surface area contributed by atoms with Gasteiger partial charge in [-0.15, -0.1) is 0 Å². The summed E-state index contributed by atoms with van der Waals surface area (Å²) in [7, 11) is -4.96. The van der Waals surface area contributed by atoms with Crippen molar-refractivity contribution in [3.63, 3.8) is 0 Å². The predicted octanol–water partition coefficient (Wildman–Crippen LogP) is -5.91. The second kappa shape index (κ2) is 9.14. The molecular formula is C9H18NaO9P. The Bertz CT molecular complexity index is 325. The molecule has 1 saturated heterocycles. The summed E-state index contributed by atoms with van der Waals surface area (Å²) in [6.45, 7) is -0.823. The number of aliphatic hydroxyl groups excluding tert-OH is 4. The number of aliphatic hydroxyl groups is 4. The second-order valence-electron chi connectivity index (χ2n) is 4.31. The molecule has 0 aliphatic carbocycles. The van der Waals surface area contributed by atoms with Crippen LogP contribution < -0.4 is 34.5 Å². The van der Waals surface area contributed by atoms with Crippen LogP contribution in [0.1, 0.15) is 12.8 Å². The van der Waals surface area contributed by atoms with E-state index in [9.17, 15) is 24.8 Å². The average molecular weight is 324 g/mol. The molecule has 0 radical (unpaired) electrons. The smallest absolute Gasteiger partial charge is 0.756 e. The Kier molecular flexibility index (Phi) is 9.56. The van der Waals surface area contributed by atoms with Gasteiger partial charge in [0.05, 0.1) is 12.7 Å². The third kappa shape index (κ3) is 6.35. The first-order valence-corrected chi connectivity index (χ1v) is 7.24. The van der Waals surface area contributed by atoms with Gasteiger partial charge in [-0.3, -0.25) is 4.57 Å². The van der Waals surface area contributed by atoms with Crippen LogP contribution in [0.25, 0.3) is 0 Å². The summed E-state index contributed by atoms with van der Waals surface area (Å²) < 4.78 is 19.8. The molecule has 114 valence electrons. The third-order valence-electron chi connectivity index (χ3n) is 2.86. The zero-order valence-electron chi connectivity index (χ0n) is 11.0. The molecule has 6 unspecified atom stereocenters. The van der Waals surface area contributed by atoms with Crippen LogP contribution >= 0.6 is 7.82 Å². The maximum absolute atomic E-state index is 10.5. The van der Waals surface area contributed by atoms with Crippen molar-refractivity contribution in [2.75, 3.05) is 13.2 Å². The minimum atomic E-state index is -4.96. The zero-order chi connectivity index (χ0) is 14.6. The SMILES string of the molecule is O=P([O-])(O)OCC1OC(CCCO)C(O)C(O)C1O.[Na+]. The molecule has 0 aromatic carbocycles. The summed E-state index contributed by atoms with van der Waals surface area (Å²) in [5.41, 5.74) is 0. The quantitative estimate of drug-likeness (QED) is 0.237. The van der Waals surface area contributed by atoms with Crippen LogP contribution in [0, 0.1) is 0 Å². The van der Waals surface area contributed by atoms with Crippen molar-refractivity contribution in [1.29, 1.82) is 0 Å². The fourth-order valence-corrected chi connectivity index (χ4v) is 2.20. The van der Waals surface area contributed by atoms with Crippen molar-refractivity contribution in [3.8, 4) is 0 Å². The van der Waals surface area contributed by atoms with E-state index in [2.05, 4.69) is 4.52 Å². The fourth-order valence-electron chi connectivity index (χ4n) is 1.86. The second-order valence-corrected chi connectivity index (χ2v) is 5.51. The molecule has 9 nitrogen and oxygen atoms in total. The normalized spacial score (nSPS) is 37.0. The van der Waals surface area contributed by atoms with Crippen molar-refractivity contribution in [2.45, 2.75) is 43.4 Å². The van der Waals surface area contributed by atoms with Crippen molar-refractivity contribution in [1.82, 2.24) is 0 Å². The summed E-state index contributed by atoms with van der Waals surface area (Å²) in [5.74, 6) is 0. The summed E-state index contributed by atoms with van der Waals surface area (Å²) >= 11 is 0. The Morgan fingerprint density at radius 1 is 1.15 bits per heavy atom. The Labute approximate surface area is 138 Å². The molecule has 20 heavy (non-hydrogen) atoms. The van der Waals surface area contributed by atoms with E-state index in [0.717, 1.165) is 0 Å². The Hall–Kier alpha value is 0.910. The first-order chi connectivity index (χ1) is 8.76. The van der Waals surface area contributed by atoms with E-state index in [-0.39, 0.29) is 42.6 Å². The summed E-state index contributed by atoms with van der Waals surface area (Å²) in [4.78, 5) is 18.9. The van der Waals surface area contributed by atoms with Crippen molar-refractivity contribution in [2.24, 2.45) is 0 Å². The number of ether oxygens (including phenoxy) is 1. The molecule has 0 bridgehead atoms. The van der Waals surface area contributed by atoms with Crippen molar-refractivity contribution >= 4 is 7.82 Å². The van der Waals surface area contributed by atoms with Crippen molar-refractivity contribution in [3.05, 3.63) is 0 Å². The third-order valence-corrected chi connectivity index (χ3v) is 3.34. The molecule has 1 heterocycles. The molecular weight excluding hydrogens is 306 g/mol. The zero-order valence-corrected chi connectivity index (χ0v) is 13.9. The van der Waals surface area contributed by atoms with Gasteiger partial charge in [0.15, 0.2) is 0 Å². The fraction of sp³-hybridized carbons (Fsp3) is 1.00. The number of hydrogen-bond acceptors (Lipinski definition) is 8. The molecule has 1 rings (SSSR count). The molecule has 0 aromatic heterocycles. The number of phosphoric ester groups is 1. The van der Waals surface area contributed by atoms with E-state index < -0.39 is 44.9 Å². The topological polar surface area (TPSA) is 160 Å². The monoisotopic (exact) mass is 324 g/mol. The maximum atomic E-state index is 10.5. The molecule has 0 saturated carbocycles. The van der Waals surface area contributed by atoms with E-state index in [1.807, 2.05) is 0 Å². The van der Waals surface area contributed by atoms with Crippen LogP contribution in [-0.2, 0) is 13.8 Å². The average Bonchev–Trinajstić information content (AvgIpc) is 2.33. The molecule has 0 amide bonds. The van der Waals surface area contributed by atoms with Crippen molar-refractivity contribution < 1.29 is 73.6 Å². The van der Waals surface area contributed by atoms with E-state index in [1.54, 1.807) is 0 Å². The van der Waals surface area contributed by atoms with Gasteiger partial charge in [0.1, 0.15) is 24.4 Å². The predicted molar refractivity (Wildman–Crippen MR) is 58.8 cm³/mol. The summed E-state index contributed by atoms with van der Waals surface area (Å²) in [6, 6.07) is 0. The number of rotatable bonds is 6.